The summed E-state index contributed by atoms with van der Waals surface area (Å²) in [5.41, 5.74) is 0.926. The van der Waals surface area contributed by atoms with Gasteiger partial charge in [-0.1, -0.05) is 11.8 Å². The van der Waals surface area contributed by atoms with Gasteiger partial charge < -0.3 is 15.0 Å². The first-order chi connectivity index (χ1) is 11.6. The lowest BCUT2D eigenvalue weighted by Crippen LogP contribution is -2.28. The van der Waals surface area contributed by atoms with Crippen molar-refractivity contribution in [3.05, 3.63) is 30.6 Å². The van der Waals surface area contributed by atoms with E-state index < -0.39 is 0 Å². The van der Waals surface area contributed by atoms with E-state index in [1.807, 2.05) is 42.9 Å². The fourth-order valence-corrected chi connectivity index (χ4v) is 2.81. The van der Waals surface area contributed by atoms with E-state index in [2.05, 4.69) is 20.4 Å². The fraction of sp³-hybridized carbons (Fsp3) is 0.438. The number of hydrogen-bond acceptors (Lipinski definition) is 6. The zero-order valence-electron chi connectivity index (χ0n) is 14.2. The standard InChI is InChI=1S/C16H23N5O2S/c1-20(2)10-4-9-17-15(22)11-24-16-19-18-12-21(16)13-5-7-14(23-3)8-6-13/h5-8,12H,4,9-11H2,1-3H3,(H,17,22). The summed E-state index contributed by atoms with van der Waals surface area (Å²) >= 11 is 1.37. The van der Waals surface area contributed by atoms with Gasteiger partial charge in [0.2, 0.25) is 5.91 Å². The maximum atomic E-state index is 11.9. The first-order valence-electron chi connectivity index (χ1n) is 7.69. The molecule has 0 fully saturated rings. The molecule has 8 heteroatoms. The Hall–Kier alpha value is -2.06. The molecule has 0 atom stereocenters. The smallest absolute Gasteiger partial charge is 0.230 e. The van der Waals surface area contributed by atoms with Crippen LogP contribution in [0.3, 0.4) is 0 Å². The van der Waals surface area contributed by atoms with E-state index >= 15 is 0 Å². The van der Waals surface area contributed by atoms with E-state index in [1.54, 1.807) is 13.4 Å². The van der Waals surface area contributed by atoms with Crippen LogP contribution in [0.4, 0.5) is 0 Å². The Balaban J connectivity index is 1.85. The second kappa shape index (κ2) is 9.29. The van der Waals surface area contributed by atoms with Gasteiger partial charge in [-0.3, -0.25) is 9.36 Å². The molecule has 0 aliphatic rings. The highest BCUT2D eigenvalue weighted by Gasteiger charge is 2.10. The first-order valence-corrected chi connectivity index (χ1v) is 8.67. The van der Waals surface area contributed by atoms with Gasteiger partial charge in [0.25, 0.3) is 0 Å². The van der Waals surface area contributed by atoms with Crippen molar-refractivity contribution < 1.29 is 9.53 Å². The van der Waals surface area contributed by atoms with Crippen molar-refractivity contribution in [1.29, 1.82) is 0 Å². The van der Waals surface area contributed by atoms with Gasteiger partial charge in [-0.05, 0) is 51.3 Å². The predicted octanol–water partition coefficient (Wildman–Crippen LogP) is 1.44. The number of thioether (sulfide) groups is 1. The van der Waals surface area contributed by atoms with Gasteiger partial charge in [-0.2, -0.15) is 0 Å². The third kappa shape index (κ3) is 5.54. The summed E-state index contributed by atoms with van der Waals surface area (Å²) in [4.78, 5) is 14.0. The number of ether oxygens (including phenoxy) is 1. The van der Waals surface area contributed by atoms with Crippen LogP contribution in [0, 0.1) is 0 Å². The molecule has 130 valence electrons. The zero-order chi connectivity index (χ0) is 17.4. The number of carbonyl (C=O) groups is 1. The van der Waals surface area contributed by atoms with Crippen molar-refractivity contribution >= 4 is 17.7 Å². The van der Waals surface area contributed by atoms with Gasteiger partial charge in [0.05, 0.1) is 12.9 Å². The summed E-state index contributed by atoms with van der Waals surface area (Å²) in [5.74, 6) is 1.11. The van der Waals surface area contributed by atoms with Crippen molar-refractivity contribution in [3.63, 3.8) is 0 Å². The number of amides is 1. The molecule has 0 saturated carbocycles. The molecule has 24 heavy (non-hydrogen) atoms. The van der Waals surface area contributed by atoms with Crippen LogP contribution in [0.15, 0.2) is 35.7 Å². The Morgan fingerprint density at radius 3 is 2.75 bits per heavy atom. The summed E-state index contributed by atoms with van der Waals surface area (Å²) < 4.78 is 7.01. The summed E-state index contributed by atoms with van der Waals surface area (Å²) in [6.45, 7) is 1.64. The minimum Gasteiger partial charge on any atom is -0.497 e. The van der Waals surface area contributed by atoms with E-state index in [9.17, 15) is 4.79 Å². The summed E-state index contributed by atoms with van der Waals surface area (Å²) in [5, 5.41) is 11.6. The number of aromatic nitrogens is 3. The molecule has 0 radical (unpaired) electrons. The number of nitrogens with zero attached hydrogens (tertiary/aromatic N) is 4. The van der Waals surface area contributed by atoms with Crippen LogP contribution in [-0.4, -0.2) is 65.6 Å². The molecule has 0 bridgehead atoms. The molecule has 1 N–H and O–H groups in total. The van der Waals surface area contributed by atoms with Crippen molar-refractivity contribution in [2.75, 3.05) is 40.0 Å². The van der Waals surface area contributed by atoms with Gasteiger partial charge >= 0.3 is 0 Å². The normalized spacial score (nSPS) is 10.8. The number of carbonyl (C=O) groups excluding carboxylic acids is 1. The van der Waals surface area contributed by atoms with Gasteiger partial charge in [-0.25, -0.2) is 0 Å². The van der Waals surface area contributed by atoms with Crippen molar-refractivity contribution in [1.82, 2.24) is 25.0 Å². The van der Waals surface area contributed by atoms with Crippen LogP contribution in [0.25, 0.3) is 5.69 Å². The molecule has 0 spiro atoms. The lowest BCUT2D eigenvalue weighted by molar-refractivity contribution is -0.118. The van der Waals surface area contributed by atoms with Gasteiger partial charge in [0.1, 0.15) is 12.1 Å². The van der Waals surface area contributed by atoms with E-state index in [0.717, 1.165) is 24.4 Å². The van der Waals surface area contributed by atoms with Crippen LogP contribution in [-0.2, 0) is 4.79 Å². The lowest BCUT2D eigenvalue weighted by Gasteiger charge is -2.10. The van der Waals surface area contributed by atoms with Crippen LogP contribution in [0.5, 0.6) is 5.75 Å². The largest absolute Gasteiger partial charge is 0.497 e. The molecule has 0 aliphatic heterocycles. The highest BCUT2D eigenvalue weighted by Crippen LogP contribution is 2.21. The highest BCUT2D eigenvalue weighted by molar-refractivity contribution is 7.99. The maximum absolute atomic E-state index is 11.9. The Morgan fingerprint density at radius 1 is 1.33 bits per heavy atom. The molecular weight excluding hydrogens is 326 g/mol. The predicted molar refractivity (Wildman–Crippen MR) is 94.8 cm³/mol. The second-order valence-electron chi connectivity index (χ2n) is 5.48. The van der Waals surface area contributed by atoms with E-state index in [4.69, 9.17) is 4.74 Å². The molecule has 2 aromatic rings. The summed E-state index contributed by atoms with van der Waals surface area (Å²) in [6, 6.07) is 7.60. The Morgan fingerprint density at radius 2 is 2.08 bits per heavy atom. The molecule has 1 amide bonds. The molecule has 1 aromatic heterocycles. The van der Waals surface area contributed by atoms with E-state index in [0.29, 0.717) is 17.5 Å². The fourth-order valence-electron chi connectivity index (χ4n) is 2.05. The lowest BCUT2D eigenvalue weighted by atomic mass is 10.3. The number of hydrogen-bond donors (Lipinski definition) is 1. The van der Waals surface area contributed by atoms with Crippen LogP contribution in [0.1, 0.15) is 6.42 Å². The third-order valence-corrected chi connectivity index (χ3v) is 4.25. The van der Waals surface area contributed by atoms with Crippen LogP contribution >= 0.6 is 11.8 Å². The molecule has 1 aromatic carbocycles. The van der Waals surface area contributed by atoms with E-state index in [1.165, 1.54) is 11.8 Å². The molecule has 1 heterocycles. The maximum Gasteiger partial charge on any atom is 0.230 e. The molecular formula is C16H23N5O2S. The zero-order valence-corrected chi connectivity index (χ0v) is 15.0. The van der Waals surface area contributed by atoms with Crippen LogP contribution in [0.2, 0.25) is 0 Å². The topological polar surface area (TPSA) is 72.3 Å². The SMILES string of the molecule is COc1ccc(-n2cnnc2SCC(=O)NCCCN(C)C)cc1. The molecule has 2 rings (SSSR count). The summed E-state index contributed by atoms with van der Waals surface area (Å²) in [6.07, 6.45) is 2.57. The quantitative estimate of drug-likeness (QED) is 0.545. The summed E-state index contributed by atoms with van der Waals surface area (Å²) in [7, 11) is 5.67. The average Bonchev–Trinajstić information content (AvgIpc) is 3.05. The van der Waals surface area contributed by atoms with Gasteiger partial charge in [0.15, 0.2) is 5.16 Å². The minimum atomic E-state index is 0.00281. The Labute approximate surface area is 146 Å². The van der Waals surface area contributed by atoms with Crippen molar-refractivity contribution in [3.8, 4) is 11.4 Å². The third-order valence-electron chi connectivity index (χ3n) is 3.30. The minimum absolute atomic E-state index is 0.00281. The highest BCUT2D eigenvalue weighted by atomic mass is 32.2. The van der Waals surface area contributed by atoms with Gasteiger partial charge in [-0.15, -0.1) is 10.2 Å². The molecule has 0 aliphatic carbocycles. The molecule has 0 unspecified atom stereocenters. The van der Waals surface area contributed by atoms with Gasteiger partial charge in [0, 0.05) is 12.2 Å². The van der Waals surface area contributed by atoms with E-state index in [-0.39, 0.29) is 5.91 Å². The first kappa shape index (κ1) is 18.3. The average molecular weight is 349 g/mol. The van der Waals surface area contributed by atoms with Crippen molar-refractivity contribution in [2.24, 2.45) is 0 Å². The number of methoxy groups -OCH3 is 1. The Bertz CT molecular complexity index is 642. The Kier molecular flexibility index (Phi) is 7.07. The number of nitrogens with one attached hydrogen (secondary N) is 1. The van der Waals surface area contributed by atoms with Crippen molar-refractivity contribution in [2.45, 2.75) is 11.6 Å². The number of rotatable bonds is 9. The van der Waals surface area contributed by atoms with Crippen LogP contribution < -0.4 is 10.1 Å². The molecule has 7 nitrogen and oxygen atoms in total. The monoisotopic (exact) mass is 349 g/mol. The second-order valence-corrected chi connectivity index (χ2v) is 6.42. The molecule has 0 saturated heterocycles. The number of benzene rings is 1.